The van der Waals surface area contributed by atoms with E-state index in [0.717, 1.165) is 0 Å². The van der Waals surface area contributed by atoms with Crippen molar-refractivity contribution in [2.75, 3.05) is 7.05 Å². The van der Waals surface area contributed by atoms with Gasteiger partial charge in [-0.15, -0.1) is 0 Å². The van der Waals surface area contributed by atoms with Crippen molar-refractivity contribution in [3.63, 3.8) is 0 Å². The molecule has 1 radical (unpaired) electrons. The monoisotopic (exact) mass is 191 g/mol. The Balaban J connectivity index is -0.0000000750. The van der Waals surface area contributed by atoms with Crippen molar-refractivity contribution in [1.29, 1.82) is 0 Å². The van der Waals surface area contributed by atoms with E-state index in [9.17, 15) is 4.79 Å². The van der Waals surface area contributed by atoms with Gasteiger partial charge in [-0.2, -0.15) is 7.05 Å². The van der Waals surface area contributed by atoms with E-state index < -0.39 is 5.91 Å². The molecule has 0 aromatic rings. The van der Waals surface area contributed by atoms with Crippen molar-refractivity contribution >= 4 is 5.91 Å². The van der Waals surface area contributed by atoms with Gasteiger partial charge in [0, 0.05) is 38.6 Å². The van der Waals surface area contributed by atoms with Crippen LogP contribution in [0.2, 0.25) is 0 Å². The second-order valence-electron chi connectivity index (χ2n) is 0.777. The molecular weight excluding hydrogens is 181 g/mol. The molecule has 0 aromatic carbocycles. The molecule has 0 bridgehead atoms. The molecular formula is C4H10N2OY-2. The summed E-state index contributed by atoms with van der Waals surface area (Å²) >= 11 is 0. The van der Waals surface area contributed by atoms with E-state index in [-0.39, 0.29) is 32.7 Å². The molecule has 4 heteroatoms. The molecule has 0 aliphatic heterocycles. The molecule has 0 saturated heterocycles. The largest absolute Gasteiger partial charge is 0.680 e. The average molecular weight is 191 g/mol. The Labute approximate surface area is 75.1 Å². The summed E-state index contributed by atoms with van der Waals surface area (Å²) in [6, 6.07) is 0. The zero-order valence-electron chi connectivity index (χ0n) is 5.19. The maximum absolute atomic E-state index is 9.48. The number of nitrogens with one attached hydrogen (secondary N) is 2. The number of rotatable bonds is 1. The van der Waals surface area contributed by atoms with E-state index in [1.807, 2.05) is 0 Å². The summed E-state index contributed by atoms with van der Waals surface area (Å²) in [6.07, 6.45) is 0.333. The molecule has 2 N–H and O–H groups in total. The maximum atomic E-state index is 9.48. The molecule has 0 rings (SSSR count). The SMILES string of the molecule is CCC([NH-])=O.C[NH-].[Y]. The van der Waals surface area contributed by atoms with E-state index in [2.05, 4.69) is 0 Å². The Hall–Kier alpha value is 0.534. The molecule has 0 spiro atoms. The second kappa shape index (κ2) is 15.6. The standard InChI is InChI=1S/C3H7NO.CH4N.Y/c1-2-3(4)5;1-2;/h2H2,1H3,(H2,4,5);2H,1H3;/q;-1;/p-1. The van der Waals surface area contributed by atoms with Crippen molar-refractivity contribution in [3.8, 4) is 0 Å². The Kier molecular flexibility index (Phi) is 30.9. The molecule has 8 heavy (non-hydrogen) atoms. The molecule has 0 unspecified atom stereocenters. The van der Waals surface area contributed by atoms with Crippen LogP contribution in [-0.4, -0.2) is 13.0 Å². The second-order valence-corrected chi connectivity index (χ2v) is 0.777. The van der Waals surface area contributed by atoms with Gasteiger partial charge in [-0.1, -0.05) is 6.92 Å². The van der Waals surface area contributed by atoms with Gasteiger partial charge in [-0.3, -0.25) is 0 Å². The average Bonchev–Trinajstić information content (AvgIpc) is 1.73. The van der Waals surface area contributed by atoms with Crippen LogP contribution in [0.5, 0.6) is 0 Å². The van der Waals surface area contributed by atoms with Crippen molar-refractivity contribution in [2.45, 2.75) is 13.3 Å². The zero-order valence-corrected chi connectivity index (χ0v) is 8.03. The van der Waals surface area contributed by atoms with Crippen LogP contribution in [0.25, 0.3) is 11.5 Å². The number of amides is 1. The number of hydrogen-bond acceptors (Lipinski definition) is 1. The fraction of sp³-hybridized carbons (Fsp3) is 0.750. The fourth-order valence-corrected chi connectivity index (χ4v) is 0. The van der Waals surface area contributed by atoms with Crippen molar-refractivity contribution in [3.05, 3.63) is 11.5 Å². The normalized spacial score (nSPS) is 5.38. The molecule has 1 amide bonds. The van der Waals surface area contributed by atoms with Crippen LogP contribution in [0.3, 0.4) is 0 Å². The summed E-state index contributed by atoms with van der Waals surface area (Å²) in [5.41, 5.74) is 11.9. The molecule has 0 aliphatic rings. The quantitative estimate of drug-likeness (QED) is 0.621. The van der Waals surface area contributed by atoms with Crippen LogP contribution in [0.15, 0.2) is 0 Å². The third-order valence-electron chi connectivity index (χ3n) is 0.321. The van der Waals surface area contributed by atoms with Gasteiger partial charge in [-0.25, -0.2) is 0 Å². The molecule has 0 aromatic heterocycles. The predicted octanol–water partition coefficient (Wildman–Crippen LogP) is 1.64. The van der Waals surface area contributed by atoms with Crippen LogP contribution >= 0.6 is 0 Å². The number of carbonyl (C=O) groups excluding carboxylic acids is 1. The van der Waals surface area contributed by atoms with E-state index in [1.54, 1.807) is 6.92 Å². The summed E-state index contributed by atoms with van der Waals surface area (Å²) in [5.74, 6) is -0.495. The molecule has 0 heterocycles. The Morgan fingerprint density at radius 1 is 1.50 bits per heavy atom. The molecule has 47 valence electrons. The molecule has 3 nitrogen and oxygen atoms in total. The van der Waals surface area contributed by atoms with Crippen LogP contribution < -0.4 is 0 Å². The van der Waals surface area contributed by atoms with Crippen LogP contribution in [0.1, 0.15) is 13.3 Å². The van der Waals surface area contributed by atoms with Gasteiger partial charge < -0.3 is 16.3 Å². The number of carbonyl (C=O) groups is 1. The predicted molar refractivity (Wildman–Crippen MR) is 29.9 cm³/mol. The summed E-state index contributed by atoms with van der Waals surface area (Å²) in [6.45, 7) is 1.66. The fourth-order valence-electron chi connectivity index (χ4n) is 0. The van der Waals surface area contributed by atoms with Gasteiger partial charge in [0.05, 0.1) is 0 Å². The smallest absolute Gasteiger partial charge is 0.0484 e. The van der Waals surface area contributed by atoms with Gasteiger partial charge in [0.15, 0.2) is 0 Å². The molecule has 0 fully saturated rings. The molecule has 0 atom stereocenters. The van der Waals surface area contributed by atoms with Crippen LogP contribution in [0, 0.1) is 0 Å². The van der Waals surface area contributed by atoms with E-state index in [4.69, 9.17) is 11.5 Å². The third-order valence-corrected chi connectivity index (χ3v) is 0.321. The number of hydrogen-bond donors (Lipinski definition) is 0. The molecule has 0 aliphatic carbocycles. The van der Waals surface area contributed by atoms with E-state index in [0.29, 0.717) is 6.42 Å². The summed E-state index contributed by atoms with van der Waals surface area (Å²) in [4.78, 5) is 9.48. The van der Waals surface area contributed by atoms with Gasteiger partial charge >= 0.3 is 0 Å². The third kappa shape index (κ3) is 31.2. The van der Waals surface area contributed by atoms with Gasteiger partial charge in [0.25, 0.3) is 0 Å². The summed E-state index contributed by atoms with van der Waals surface area (Å²) < 4.78 is 0. The first kappa shape index (κ1) is 15.8. The van der Waals surface area contributed by atoms with Gasteiger partial charge in [0.2, 0.25) is 0 Å². The molecule has 0 saturated carbocycles. The minimum Gasteiger partial charge on any atom is -0.680 e. The van der Waals surface area contributed by atoms with Crippen molar-refractivity contribution in [2.24, 2.45) is 0 Å². The van der Waals surface area contributed by atoms with Crippen LogP contribution in [-0.2, 0) is 37.5 Å². The Bertz CT molecular complexity index is 49.3. The first-order valence-electron chi connectivity index (χ1n) is 2.01. The van der Waals surface area contributed by atoms with E-state index >= 15 is 0 Å². The van der Waals surface area contributed by atoms with Crippen LogP contribution in [0.4, 0.5) is 0 Å². The minimum absolute atomic E-state index is 0. The van der Waals surface area contributed by atoms with Crippen molar-refractivity contribution in [1.82, 2.24) is 0 Å². The topological polar surface area (TPSA) is 64.7 Å². The summed E-state index contributed by atoms with van der Waals surface area (Å²) in [7, 11) is 1.25. The van der Waals surface area contributed by atoms with Gasteiger partial charge in [0.1, 0.15) is 0 Å². The van der Waals surface area contributed by atoms with Gasteiger partial charge in [-0.05, 0) is 6.42 Å². The summed E-state index contributed by atoms with van der Waals surface area (Å²) in [5, 5.41) is 0. The van der Waals surface area contributed by atoms with Crippen molar-refractivity contribution < 1.29 is 37.5 Å². The maximum Gasteiger partial charge on any atom is 0.0484 e. The Morgan fingerprint density at radius 2 is 1.62 bits per heavy atom. The first-order valence-corrected chi connectivity index (χ1v) is 2.01. The Morgan fingerprint density at radius 3 is 1.62 bits per heavy atom. The van der Waals surface area contributed by atoms with E-state index in [1.165, 1.54) is 7.05 Å². The first-order chi connectivity index (χ1) is 3.27. The minimum atomic E-state index is -0.495. The zero-order chi connectivity index (χ0) is 6.28.